The van der Waals surface area contributed by atoms with Crippen LogP contribution < -0.4 is 5.32 Å². The molecule has 0 spiro atoms. The van der Waals surface area contributed by atoms with Crippen LogP contribution in [0.1, 0.15) is 476 Å². The van der Waals surface area contributed by atoms with Crippen molar-refractivity contribution in [3.05, 3.63) is 36.5 Å². The lowest BCUT2D eigenvalue weighted by Crippen LogP contribution is -2.45. The van der Waals surface area contributed by atoms with Gasteiger partial charge in [-0.3, -0.25) is 9.59 Å². The average Bonchev–Trinajstić information content (AvgIpc) is 3.77. The fourth-order valence-corrected chi connectivity index (χ4v) is 13.5. The molecule has 0 fully saturated rings. The Bertz CT molecular complexity index is 1490. The summed E-state index contributed by atoms with van der Waals surface area (Å²) in [7, 11) is 0. The fourth-order valence-electron chi connectivity index (χ4n) is 13.5. The van der Waals surface area contributed by atoms with Gasteiger partial charge in [0.1, 0.15) is 0 Å². The van der Waals surface area contributed by atoms with Crippen LogP contribution in [0.25, 0.3) is 0 Å². The Balaban J connectivity index is 3.35. The number of ether oxygens (including phenoxy) is 1. The van der Waals surface area contributed by atoms with E-state index in [-0.39, 0.29) is 18.5 Å². The number of rotatable bonds is 80. The quantitative estimate of drug-likeness (QED) is 0.0320. The molecule has 6 nitrogen and oxygen atoms in total. The zero-order chi connectivity index (χ0) is 66.3. The molecule has 3 N–H and O–H groups in total. The van der Waals surface area contributed by atoms with E-state index in [0.717, 1.165) is 44.9 Å². The van der Waals surface area contributed by atoms with Gasteiger partial charge in [-0.1, -0.05) is 436 Å². The first kappa shape index (κ1) is 90.1. The van der Waals surface area contributed by atoms with Crippen LogP contribution >= 0.6 is 0 Å². The highest BCUT2D eigenvalue weighted by molar-refractivity contribution is 5.76. The van der Waals surface area contributed by atoms with E-state index in [0.29, 0.717) is 19.4 Å². The number of hydrogen-bond donors (Lipinski definition) is 3. The molecule has 0 bridgehead atoms. The van der Waals surface area contributed by atoms with Gasteiger partial charge in [0.2, 0.25) is 5.91 Å². The normalized spacial score (nSPS) is 12.6. The van der Waals surface area contributed by atoms with E-state index in [2.05, 4.69) is 43.5 Å². The van der Waals surface area contributed by atoms with Gasteiger partial charge in [-0.2, -0.15) is 0 Å². The minimum absolute atomic E-state index is 0.0255. The molecule has 2 unspecified atom stereocenters. The Kier molecular flexibility index (Phi) is 79.8. The third-order valence-corrected chi connectivity index (χ3v) is 19.9. The molecular weight excluding hydrogens is 1130 g/mol. The van der Waals surface area contributed by atoms with E-state index in [4.69, 9.17) is 4.74 Å². The number of carbonyl (C=O) groups excluding carboxylic acids is 2. The van der Waals surface area contributed by atoms with E-state index in [1.54, 1.807) is 6.08 Å². The lowest BCUT2D eigenvalue weighted by Gasteiger charge is -2.20. The van der Waals surface area contributed by atoms with Gasteiger partial charge < -0.3 is 20.3 Å². The second-order valence-electron chi connectivity index (χ2n) is 29.2. The van der Waals surface area contributed by atoms with Crippen molar-refractivity contribution in [1.29, 1.82) is 0 Å². The van der Waals surface area contributed by atoms with Gasteiger partial charge in [0.15, 0.2) is 0 Å². The maximum absolute atomic E-state index is 12.5. The van der Waals surface area contributed by atoms with Crippen molar-refractivity contribution in [3.63, 3.8) is 0 Å². The van der Waals surface area contributed by atoms with Crippen molar-refractivity contribution in [2.24, 2.45) is 0 Å². The van der Waals surface area contributed by atoms with Crippen molar-refractivity contribution in [3.8, 4) is 0 Å². The van der Waals surface area contributed by atoms with Crippen molar-refractivity contribution < 1.29 is 24.5 Å². The predicted octanol–water partition coefficient (Wildman–Crippen LogP) is 28.2. The summed E-state index contributed by atoms with van der Waals surface area (Å²) >= 11 is 0. The van der Waals surface area contributed by atoms with Crippen molar-refractivity contribution in [2.75, 3.05) is 13.2 Å². The van der Waals surface area contributed by atoms with Crippen LogP contribution in [0.4, 0.5) is 0 Å². The molecule has 0 aliphatic carbocycles. The smallest absolute Gasteiger partial charge is 0.305 e. The summed E-state index contributed by atoms with van der Waals surface area (Å²) in [5, 5.41) is 23.3. The molecule has 6 heteroatoms. The van der Waals surface area contributed by atoms with Crippen LogP contribution in [-0.4, -0.2) is 47.4 Å². The largest absolute Gasteiger partial charge is 0.466 e. The number of hydrogen-bond acceptors (Lipinski definition) is 5. The standard InChI is InChI=1S/C86H165NO5/c1-3-5-7-9-11-13-15-17-19-21-46-50-54-58-62-66-70-74-78-84(89)83(82-88)87-85(90)79-75-71-67-63-59-55-51-47-44-42-40-38-36-34-32-30-28-26-24-23-25-27-29-31-33-35-37-39-41-43-45-49-53-57-61-65-69-73-77-81-92-86(91)80-76-72-68-64-60-56-52-48-22-20-18-16-14-12-10-8-6-4-2/h23-24,27,29,74,78,83-84,88-89H,3-22,25-26,28,30-73,75-77,79-82H2,1-2H3,(H,87,90)/b24-23-,29-27-,78-74+. The van der Waals surface area contributed by atoms with Crippen molar-refractivity contribution in [2.45, 2.75) is 488 Å². The van der Waals surface area contributed by atoms with Crippen LogP contribution in [-0.2, 0) is 14.3 Å². The second-order valence-corrected chi connectivity index (χ2v) is 29.2. The van der Waals surface area contributed by atoms with Crippen LogP contribution in [0.3, 0.4) is 0 Å². The SMILES string of the molecule is CCCCCCCCCCCCCCCCCC/C=C/C(O)C(CO)NC(=O)CCCCCCCCCCCCCCCCCCC/C=C\C/C=C\CCCCCCCCCCCCCCCCCOC(=O)CCCCCCCCCCCCCCCCCCCC. The topological polar surface area (TPSA) is 95.9 Å². The van der Waals surface area contributed by atoms with Gasteiger partial charge in [0.05, 0.1) is 25.4 Å². The Morgan fingerprint density at radius 2 is 0.543 bits per heavy atom. The van der Waals surface area contributed by atoms with E-state index in [9.17, 15) is 19.8 Å². The Hall–Kier alpha value is -1.92. The molecule has 0 rings (SSSR count). The average molecular weight is 1290 g/mol. The Morgan fingerprint density at radius 3 is 0.826 bits per heavy atom. The number of aliphatic hydroxyl groups is 2. The zero-order valence-electron chi connectivity index (χ0n) is 62.6. The van der Waals surface area contributed by atoms with Crippen molar-refractivity contribution >= 4 is 11.9 Å². The van der Waals surface area contributed by atoms with Crippen LogP contribution in [0, 0.1) is 0 Å². The zero-order valence-corrected chi connectivity index (χ0v) is 62.6. The summed E-state index contributed by atoms with van der Waals surface area (Å²) in [5.41, 5.74) is 0. The first-order valence-corrected chi connectivity index (χ1v) is 42.3. The molecule has 0 aliphatic rings. The number of allylic oxidation sites excluding steroid dienone is 5. The minimum atomic E-state index is -0.843. The van der Waals surface area contributed by atoms with Gasteiger partial charge in [0, 0.05) is 12.8 Å². The van der Waals surface area contributed by atoms with Gasteiger partial charge in [-0.05, 0) is 64.2 Å². The van der Waals surface area contributed by atoms with E-state index >= 15 is 0 Å². The third kappa shape index (κ3) is 77.1. The molecule has 0 aromatic heterocycles. The molecule has 0 saturated heterocycles. The summed E-state index contributed by atoms with van der Waals surface area (Å²) in [5.74, 6) is -0.0354. The Morgan fingerprint density at radius 1 is 0.304 bits per heavy atom. The van der Waals surface area contributed by atoms with Gasteiger partial charge in [-0.25, -0.2) is 0 Å². The summed E-state index contributed by atoms with van der Waals surface area (Å²) in [4.78, 5) is 24.7. The van der Waals surface area contributed by atoms with Gasteiger partial charge in [-0.15, -0.1) is 0 Å². The number of esters is 1. The third-order valence-electron chi connectivity index (χ3n) is 19.9. The highest BCUT2D eigenvalue weighted by atomic mass is 16.5. The van der Waals surface area contributed by atoms with E-state index < -0.39 is 12.1 Å². The van der Waals surface area contributed by atoms with E-state index in [1.165, 1.54) is 405 Å². The summed E-state index contributed by atoms with van der Waals surface area (Å²) in [6.45, 7) is 4.96. The number of aliphatic hydroxyl groups excluding tert-OH is 2. The molecule has 0 saturated carbocycles. The predicted molar refractivity (Wildman–Crippen MR) is 407 cm³/mol. The van der Waals surface area contributed by atoms with Crippen LogP contribution in [0.15, 0.2) is 36.5 Å². The highest BCUT2D eigenvalue weighted by Crippen LogP contribution is 2.20. The fraction of sp³-hybridized carbons (Fsp3) is 0.907. The maximum Gasteiger partial charge on any atom is 0.305 e. The minimum Gasteiger partial charge on any atom is -0.466 e. The molecule has 0 aromatic carbocycles. The number of unbranched alkanes of at least 4 members (excludes halogenated alkanes) is 65. The maximum atomic E-state index is 12.5. The molecule has 0 aliphatic heterocycles. The Labute approximate surface area is 576 Å². The molecular formula is C86H165NO5. The summed E-state index contributed by atoms with van der Waals surface area (Å²) < 4.78 is 5.52. The molecule has 544 valence electrons. The first-order chi connectivity index (χ1) is 45.5. The molecule has 2 atom stereocenters. The lowest BCUT2D eigenvalue weighted by molar-refractivity contribution is -0.143. The number of amides is 1. The van der Waals surface area contributed by atoms with E-state index in [1.807, 2.05) is 6.08 Å². The van der Waals surface area contributed by atoms with Crippen molar-refractivity contribution in [1.82, 2.24) is 5.32 Å². The van der Waals surface area contributed by atoms with Crippen LogP contribution in [0.5, 0.6) is 0 Å². The van der Waals surface area contributed by atoms with Crippen LogP contribution in [0.2, 0.25) is 0 Å². The lowest BCUT2D eigenvalue weighted by atomic mass is 10.0. The number of nitrogens with one attached hydrogen (secondary N) is 1. The van der Waals surface area contributed by atoms with Gasteiger partial charge >= 0.3 is 5.97 Å². The highest BCUT2D eigenvalue weighted by Gasteiger charge is 2.18. The molecule has 92 heavy (non-hydrogen) atoms. The first-order valence-electron chi connectivity index (χ1n) is 42.3. The molecule has 0 heterocycles. The monoisotopic (exact) mass is 1290 g/mol. The summed E-state index contributed by atoms with van der Waals surface area (Å²) in [6.07, 6.45) is 107. The summed E-state index contributed by atoms with van der Waals surface area (Å²) in [6, 6.07) is -0.626. The molecule has 0 radical (unpaired) electrons. The second kappa shape index (κ2) is 81.5. The van der Waals surface area contributed by atoms with Gasteiger partial charge in [0.25, 0.3) is 0 Å². The molecule has 0 aromatic rings. The number of carbonyl (C=O) groups is 2. The molecule has 1 amide bonds.